The van der Waals surface area contributed by atoms with Crippen LogP contribution in [0.25, 0.3) is 0 Å². The minimum absolute atomic E-state index is 0.258. The molecule has 0 aliphatic carbocycles. The number of nitrogens with zero attached hydrogens (tertiary/aromatic N) is 3. The Labute approximate surface area is 184 Å². The largest absolute Gasteiger partial charge is 0.483 e. The molecule has 4 nitrogen and oxygen atoms in total. The smallest absolute Gasteiger partial charge is 0.191 e. The number of thioether (sulfide) groups is 1. The highest BCUT2D eigenvalue weighted by Gasteiger charge is 2.19. The van der Waals surface area contributed by atoms with Gasteiger partial charge in [-0.15, -0.1) is 10.2 Å². The monoisotopic (exact) mass is 455 g/mol. The van der Waals surface area contributed by atoms with Gasteiger partial charge in [0.05, 0.1) is 0 Å². The molecule has 0 saturated carbocycles. The first-order valence-electron chi connectivity index (χ1n) is 8.82. The van der Waals surface area contributed by atoms with Crippen LogP contribution in [-0.2, 0) is 12.3 Å². The third kappa shape index (κ3) is 4.77. The molecule has 0 bridgehead atoms. The number of aryl methyl sites for hydroxylation is 1. The van der Waals surface area contributed by atoms with Gasteiger partial charge in [0.1, 0.15) is 5.75 Å². The molecule has 1 heterocycles. The molecular formula is C20H20Cl3N3OS. The van der Waals surface area contributed by atoms with Crippen LogP contribution in [0.4, 0.5) is 0 Å². The maximum Gasteiger partial charge on any atom is 0.191 e. The van der Waals surface area contributed by atoms with Crippen LogP contribution in [-0.4, -0.2) is 14.8 Å². The molecule has 0 saturated heterocycles. The van der Waals surface area contributed by atoms with Crippen LogP contribution in [0, 0.1) is 6.92 Å². The van der Waals surface area contributed by atoms with Crippen molar-refractivity contribution < 1.29 is 4.74 Å². The van der Waals surface area contributed by atoms with E-state index in [1.807, 2.05) is 54.8 Å². The lowest BCUT2D eigenvalue weighted by molar-refractivity contribution is 0.210. The second kappa shape index (κ2) is 9.40. The lowest BCUT2D eigenvalue weighted by Gasteiger charge is -2.16. The maximum absolute atomic E-state index is 6.27. The summed E-state index contributed by atoms with van der Waals surface area (Å²) in [5.41, 5.74) is 1.86. The number of benzene rings is 2. The Balaban J connectivity index is 1.76. The zero-order valence-corrected chi connectivity index (χ0v) is 18.8. The van der Waals surface area contributed by atoms with Crippen LogP contribution in [0.3, 0.4) is 0 Å². The first-order chi connectivity index (χ1) is 13.4. The standard InChI is InChI=1S/C20H20Cl3N3OS/c1-4-26-19(13(3)27-14-8-9-16(21)12(2)10-14)24-25-20(26)28-11-15-17(22)6-5-7-18(15)23/h5-10,13H,4,11H2,1-3H3. The van der Waals surface area contributed by atoms with E-state index in [9.17, 15) is 0 Å². The molecule has 1 atom stereocenters. The third-order valence-corrected chi connectivity index (χ3v) is 6.40. The fourth-order valence-corrected chi connectivity index (χ4v) is 4.63. The molecule has 1 unspecified atom stereocenters. The van der Waals surface area contributed by atoms with Gasteiger partial charge in [-0.3, -0.25) is 0 Å². The zero-order valence-electron chi connectivity index (χ0n) is 15.7. The van der Waals surface area contributed by atoms with Gasteiger partial charge in [-0.2, -0.15) is 0 Å². The topological polar surface area (TPSA) is 39.9 Å². The van der Waals surface area contributed by atoms with Crippen molar-refractivity contribution in [1.82, 2.24) is 14.8 Å². The summed E-state index contributed by atoms with van der Waals surface area (Å²) in [6, 6.07) is 11.1. The van der Waals surface area contributed by atoms with E-state index in [1.54, 1.807) is 11.8 Å². The Morgan fingerprint density at radius 3 is 2.43 bits per heavy atom. The lowest BCUT2D eigenvalue weighted by atomic mass is 10.2. The summed E-state index contributed by atoms with van der Waals surface area (Å²) < 4.78 is 8.10. The summed E-state index contributed by atoms with van der Waals surface area (Å²) in [7, 11) is 0. The van der Waals surface area contributed by atoms with Crippen LogP contribution in [0.5, 0.6) is 5.75 Å². The third-order valence-electron chi connectivity index (χ3n) is 4.27. The number of rotatable bonds is 7. The van der Waals surface area contributed by atoms with Gasteiger partial charge in [-0.1, -0.05) is 52.6 Å². The molecule has 8 heteroatoms. The number of hydrogen-bond donors (Lipinski definition) is 0. The molecular weight excluding hydrogens is 437 g/mol. The average Bonchev–Trinajstić information content (AvgIpc) is 3.07. The van der Waals surface area contributed by atoms with Gasteiger partial charge in [-0.05, 0) is 62.2 Å². The van der Waals surface area contributed by atoms with Crippen molar-refractivity contribution in [2.45, 2.75) is 44.3 Å². The van der Waals surface area contributed by atoms with E-state index in [4.69, 9.17) is 39.5 Å². The van der Waals surface area contributed by atoms with Crippen molar-refractivity contribution in [2.24, 2.45) is 0 Å². The van der Waals surface area contributed by atoms with Crippen LogP contribution < -0.4 is 4.74 Å². The van der Waals surface area contributed by atoms with Crippen molar-refractivity contribution in [2.75, 3.05) is 0 Å². The molecule has 0 aliphatic rings. The number of aromatic nitrogens is 3. The second-order valence-corrected chi connectivity index (χ2v) is 8.41. The van der Waals surface area contributed by atoms with Gasteiger partial charge < -0.3 is 9.30 Å². The molecule has 1 aromatic heterocycles. The van der Waals surface area contributed by atoms with Crippen molar-refractivity contribution in [3.05, 3.63) is 68.4 Å². The molecule has 0 aliphatic heterocycles. The van der Waals surface area contributed by atoms with Crippen LogP contribution in [0.2, 0.25) is 15.1 Å². The van der Waals surface area contributed by atoms with E-state index in [0.29, 0.717) is 20.8 Å². The molecule has 0 amide bonds. The van der Waals surface area contributed by atoms with Crippen LogP contribution >= 0.6 is 46.6 Å². The Kier molecular flexibility index (Phi) is 7.15. The predicted molar refractivity (Wildman–Crippen MR) is 117 cm³/mol. The number of halogens is 3. The minimum Gasteiger partial charge on any atom is -0.483 e. The summed E-state index contributed by atoms with van der Waals surface area (Å²) in [5.74, 6) is 2.13. The molecule has 2 aromatic carbocycles. The van der Waals surface area contributed by atoms with Crippen LogP contribution in [0.15, 0.2) is 41.6 Å². The quantitative estimate of drug-likeness (QED) is 0.359. The summed E-state index contributed by atoms with van der Waals surface area (Å²) >= 11 is 20.2. The molecule has 0 radical (unpaired) electrons. The van der Waals surface area contributed by atoms with E-state index < -0.39 is 0 Å². The van der Waals surface area contributed by atoms with Gasteiger partial charge >= 0.3 is 0 Å². The molecule has 0 N–H and O–H groups in total. The fraction of sp³-hybridized carbons (Fsp3) is 0.300. The normalized spacial score (nSPS) is 12.2. The van der Waals surface area contributed by atoms with Gasteiger partial charge in [0.25, 0.3) is 0 Å². The molecule has 3 rings (SSSR count). The van der Waals surface area contributed by atoms with Crippen molar-refractivity contribution in [1.29, 1.82) is 0 Å². The summed E-state index contributed by atoms with van der Waals surface area (Å²) in [5, 5.41) is 11.5. The highest BCUT2D eigenvalue weighted by molar-refractivity contribution is 7.98. The second-order valence-electron chi connectivity index (χ2n) is 6.24. The van der Waals surface area contributed by atoms with E-state index >= 15 is 0 Å². The summed E-state index contributed by atoms with van der Waals surface area (Å²) in [6.07, 6.45) is -0.258. The highest BCUT2D eigenvalue weighted by Crippen LogP contribution is 2.32. The summed E-state index contributed by atoms with van der Waals surface area (Å²) in [6.45, 7) is 6.69. The van der Waals surface area contributed by atoms with Gasteiger partial charge in [0.15, 0.2) is 17.1 Å². The Morgan fingerprint density at radius 2 is 1.79 bits per heavy atom. The van der Waals surface area contributed by atoms with E-state index in [1.165, 1.54) is 0 Å². The molecule has 0 spiro atoms. The van der Waals surface area contributed by atoms with Crippen molar-refractivity contribution in [3.8, 4) is 5.75 Å². The Hall–Kier alpha value is -1.40. The van der Waals surface area contributed by atoms with E-state index in [0.717, 1.165) is 34.4 Å². The first kappa shape index (κ1) is 21.3. The van der Waals surface area contributed by atoms with Gasteiger partial charge in [-0.25, -0.2) is 0 Å². The molecule has 148 valence electrons. The maximum atomic E-state index is 6.27. The van der Waals surface area contributed by atoms with Crippen LogP contribution in [0.1, 0.15) is 36.9 Å². The number of ether oxygens (including phenoxy) is 1. The Morgan fingerprint density at radius 1 is 1.07 bits per heavy atom. The van der Waals surface area contributed by atoms with Crippen molar-refractivity contribution >= 4 is 46.6 Å². The average molecular weight is 457 g/mol. The minimum atomic E-state index is -0.258. The first-order valence-corrected chi connectivity index (χ1v) is 10.9. The Bertz CT molecular complexity index is 957. The fourth-order valence-electron chi connectivity index (χ4n) is 2.76. The van der Waals surface area contributed by atoms with E-state index in [2.05, 4.69) is 17.1 Å². The molecule has 3 aromatic rings. The molecule has 0 fully saturated rings. The SMILES string of the molecule is CCn1c(SCc2c(Cl)cccc2Cl)nnc1C(C)Oc1ccc(Cl)c(C)c1. The summed E-state index contributed by atoms with van der Waals surface area (Å²) in [4.78, 5) is 0. The highest BCUT2D eigenvalue weighted by atomic mass is 35.5. The molecule has 28 heavy (non-hydrogen) atoms. The van der Waals surface area contributed by atoms with Gasteiger partial charge in [0.2, 0.25) is 0 Å². The van der Waals surface area contributed by atoms with E-state index in [-0.39, 0.29) is 6.10 Å². The van der Waals surface area contributed by atoms with Gasteiger partial charge in [0, 0.05) is 27.4 Å². The lowest BCUT2D eigenvalue weighted by Crippen LogP contribution is -2.12. The zero-order chi connectivity index (χ0) is 20.3. The van der Waals surface area contributed by atoms with Crippen molar-refractivity contribution in [3.63, 3.8) is 0 Å². The number of hydrogen-bond acceptors (Lipinski definition) is 4. The predicted octanol–water partition coefficient (Wildman–Crippen LogP) is 7.00.